The first-order valence-electron chi connectivity index (χ1n) is 25.3. The van der Waals surface area contributed by atoms with Crippen LogP contribution in [0.2, 0.25) is 0 Å². The molecule has 0 saturated heterocycles. The predicted octanol–water partition coefficient (Wildman–Crippen LogP) is 16.3. The van der Waals surface area contributed by atoms with E-state index in [2.05, 4.69) is 67.8 Å². The molecule has 0 radical (unpaired) electrons. The molecule has 4 nitrogen and oxygen atoms in total. The Morgan fingerprint density at radius 1 is 0.439 bits per heavy atom. The molecule has 3 N–H and O–H groups in total. The first-order chi connectivity index (χ1) is 28.2. The first kappa shape index (κ1) is 55.4. The van der Waals surface area contributed by atoms with Crippen molar-refractivity contribution in [2.45, 2.75) is 276 Å². The van der Waals surface area contributed by atoms with E-state index in [0.29, 0.717) is 12.8 Å². The van der Waals surface area contributed by atoms with Gasteiger partial charge < -0.3 is 15.5 Å². The number of carbonyl (C=O) groups is 1. The minimum atomic E-state index is -0.668. The van der Waals surface area contributed by atoms with Gasteiger partial charge >= 0.3 is 0 Å². The van der Waals surface area contributed by atoms with Gasteiger partial charge in [-0.15, -0.1) is 0 Å². The Kier molecular flexibility index (Phi) is 47.3. The maximum atomic E-state index is 12.4. The van der Waals surface area contributed by atoms with E-state index in [1.54, 1.807) is 0 Å². The van der Waals surface area contributed by atoms with E-state index in [9.17, 15) is 15.0 Å². The molecule has 0 spiro atoms. The fraction of sp³-hybridized carbons (Fsp3) is 0.830. The summed E-state index contributed by atoms with van der Waals surface area (Å²) in [4.78, 5) is 12.4. The summed E-state index contributed by atoms with van der Waals surface area (Å²) < 4.78 is 0. The third kappa shape index (κ3) is 45.3. The van der Waals surface area contributed by atoms with Crippen molar-refractivity contribution in [3.63, 3.8) is 0 Å². The molecule has 0 heterocycles. The SMILES string of the molecule is CC/C=C\C/C=C\C/C=C\C/C=C\CCCCCCCCC(=O)NC(CO)C(O)CCCCCCCCCCCCCCCCCCCCCCCCCCCC. The number of allylic oxidation sites excluding steroid dienone is 8. The van der Waals surface area contributed by atoms with Crippen LogP contribution >= 0.6 is 0 Å². The maximum absolute atomic E-state index is 12.4. The Bertz CT molecular complexity index is 908. The van der Waals surface area contributed by atoms with Gasteiger partial charge in [0.05, 0.1) is 18.8 Å². The van der Waals surface area contributed by atoms with Crippen molar-refractivity contribution >= 4 is 5.91 Å². The van der Waals surface area contributed by atoms with Crippen molar-refractivity contribution in [3.05, 3.63) is 48.6 Å². The van der Waals surface area contributed by atoms with Crippen molar-refractivity contribution in [2.24, 2.45) is 0 Å². The molecule has 334 valence electrons. The molecule has 0 saturated carbocycles. The number of aliphatic hydroxyl groups excluding tert-OH is 2. The number of carbonyl (C=O) groups excluding carboxylic acids is 1. The lowest BCUT2D eigenvalue weighted by Gasteiger charge is -2.22. The second-order valence-corrected chi connectivity index (χ2v) is 17.2. The normalized spacial score (nSPS) is 13.3. The number of amides is 1. The van der Waals surface area contributed by atoms with Crippen LogP contribution in [0.1, 0.15) is 264 Å². The summed E-state index contributed by atoms with van der Waals surface area (Å²) in [5, 5.41) is 23.3. The summed E-state index contributed by atoms with van der Waals surface area (Å²) in [6.07, 6.45) is 66.5. The van der Waals surface area contributed by atoms with Crippen molar-refractivity contribution in [2.75, 3.05) is 6.61 Å². The van der Waals surface area contributed by atoms with Crippen LogP contribution in [0.15, 0.2) is 48.6 Å². The molecule has 0 fully saturated rings. The van der Waals surface area contributed by atoms with Gasteiger partial charge in [-0.05, 0) is 51.4 Å². The average Bonchev–Trinajstić information content (AvgIpc) is 3.22. The quantitative estimate of drug-likeness (QED) is 0.0424. The molecule has 0 bridgehead atoms. The van der Waals surface area contributed by atoms with Crippen LogP contribution in [-0.2, 0) is 4.79 Å². The molecule has 0 aliphatic rings. The van der Waals surface area contributed by atoms with Gasteiger partial charge in [-0.25, -0.2) is 0 Å². The van der Waals surface area contributed by atoms with Crippen LogP contribution in [0.4, 0.5) is 0 Å². The molecule has 0 aromatic carbocycles. The van der Waals surface area contributed by atoms with Gasteiger partial charge in [-0.2, -0.15) is 0 Å². The topological polar surface area (TPSA) is 69.6 Å². The Hall–Kier alpha value is -1.65. The van der Waals surface area contributed by atoms with Crippen LogP contribution in [0.5, 0.6) is 0 Å². The Morgan fingerprint density at radius 2 is 0.772 bits per heavy atom. The van der Waals surface area contributed by atoms with Gasteiger partial charge in [-0.3, -0.25) is 4.79 Å². The number of hydrogen-bond donors (Lipinski definition) is 3. The number of aliphatic hydroxyl groups is 2. The van der Waals surface area contributed by atoms with Crippen LogP contribution in [0.3, 0.4) is 0 Å². The second-order valence-electron chi connectivity index (χ2n) is 17.2. The fourth-order valence-electron chi connectivity index (χ4n) is 7.77. The highest BCUT2D eigenvalue weighted by Crippen LogP contribution is 2.17. The van der Waals surface area contributed by atoms with E-state index < -0.39 is 12.1 Å². The highest BCUT2D eigenvalue weighted by Gasteiger charge is 2.20. The number of unbranched alkanes of at least 4 members (excludes halogenated alkanes) is 31. The van der Waals surface area contributed by atoms with Crippen molar-refractivity contribution in [3.8, 4) is 0 Å². The van der Waals surface area contributed by atoms with E-state index in [1.807, 2.05) is 0 Å². The lowest BCUT2D eigenvalue weighted by atomic mass is 10.0. The summed E-state index contributed by atoms with van der Waals surface area (Å²) in [5.41, 5.74) is 0. The highest BCUT2D eigenvalue weighted by atomic mass is 16.3. The lowest BCUT2D eigenvalue weighted by molar-refractivity contribution is -0.123. The summed E-state index contributed by atoms with van der Waals surface area (Å²) >= 11 is 0. The van der Waals surface area contributed by atoms with Gasteiger partial charge in [0, 0.05) is 6.42 Å². The van der Waals surface area contributed by atoms with Crippen molar-refractivity contribution in [1.29, 1.82) is 0 Å². The molecule has 1 amide bonds. The third-order valence-electron chi connectivity index (χ3n) is 11.6. The molecule has 0 aliphatic carbocycles. The molecular weight excluding hydrogens is 699 g/mol. The third-order valence-corrected chi connectivity index (χ3v) is 11.6. The predicted molar refractivity (Wildman–Crippen MR) is 253 cm³/mol. The largest absolute Gasteiger partial charge is 0.394 e. The summed E-state index contributed by atoms with van der Waals surface area (Å²) in [6.45, 7) is 4.26. The molecular formula is C53H99NO3. The highest BCUT2D eigenvalue weighted by molar-refractivity contribution is 5.76. The van der Waals surface area contributed by atoms with E-state index in [1.165, 1.54) is 173 Å². The van der Waals surface area contributed by atoms with Crippen LogP contribution in [0, 0.1) is 0 Å². The van der Waals surface area contributed by atoms with Gasteiger partial charge in [0.2, 0.25) is 5.91 Å². The molecule has 0 aromatic heterocycles. The molecule has 2 atom stereocenters. The zero-order valence-corrected chi connectivity index (χ0v) is 38.4. The number of rotatable bonds is 46. The van der Waals surface area contributed by atoms with Gasteiger partial charge in [-0.1, -0.05) is 255 Å². The number of hydrogen-bond acceptors (Lipinski definition) is 3. The molecule has 0 aliphatic heterocycles. The van der Waals surface area contributed by atoms with E-state index >= 15 is 0 Å². The molecule has 57 heavy (non-hydrogen) atoms. The molecule has 0 rings (SSSR count). The molecule has 2 unspecified atom stereocenters. The summed E-state index contributed by atoms with van der Waals surface area (Å²) in [6, 6.07) is -0.546. The van der Waals surface area contributed by atoms with Crippen LogP contribution in [0.25, 0.3) is 0 Å². The Morgan fingerprint density at radius 3 is 1.16 bits per heavy atom. The fourth-order valence-corrected chi connectivity index (χ4v) is 7.77. The monoisotopic (exact) mass is 798 g/mol. The Labute approximate surface area is 356 Å². The molecule has 0 aromatic rings. The van der Waals surface area contributed by atoms with E-state index in [0.717, 1.165) is 64.2 Å². The van der Waals surface area contributed by atoms with Crippen molar-refractivity contribution < 1.29 is 15.0 Å². The lowest BCUT2D eigenvalue weighted by Crippen LogP contribution is -2.45. The smallest absolute Gasteiger partial charge is 0.220 e. The van der Waals surface area contributed by atoms with Gasteiger partial charge in [0.15, 0.2) is 0 Å². The molecule has 4 heteroatoms. The van der Waals surface area contributed by atoms with Crippen LogP contribution < -0.4 is 5.32 Å². The second kappa shape index (κ2) is 48.7. The van der Waals surface area contributed by atoms with Crippen molar-refractivity contribution in [1.82, 2.24) is 5.32 Å². The standard InChI is InChI=1S/C53H99NO3/c1-3-5-7-9-11-13-15-17-19-21-23-24-25-26-27-28-29-31-32-34-36-38-40-42-44-46-48-52(56)51(50-55)54-53(57)49-47-45-43-41-39-37-35-33-30-22-20-18-16-14-12-10-8-6-4-2/h6,8,12,14,18,20,30,33,51-52,55-56H,3-5,7,9-11,13,15-17,19,21-29,31-32,34-50H2,1-2H3,(H,54,57)/b8-6-,14-12-,20-18-,33-30-. The Balaban J connectivity index is 3.49. The van der Waals surface area contributed by atoms with E-state index in [4.69, 9.17) is 0 Å². The zero-order chi connectivity index (χ0) is 41.4. The van der Waals surface area contributed by atoms with Crippen LogP contribution in [-0.4, -0.2) is 34.9 Å². The minimum absolute atomic E-state index is 0.0440. The minimum Gasteiger partial charge on any atom is -0.394 e. The summed E-state index contributed by atoms with van der Waals surface area (Å²) in [5.74, 6) is -0.0440. The first-order valence-corrected chi connectivity index (χ1v) is 25.3. The van der Waals surface area contributed by atoms with Gasteiger partial charge in [0.1, 0.15) is 0 Å². The number of nitrogens with one attached hydrogen (secondary N) is 1. The average molecular weight is 798 g/mol. The zero-order valence-electron chi connectivity index (χ0n) is 38.4. The van der Waals surface area contributed by atoms with E-state index in [-0.39, 0.29) is 12.5 Å². The van der Waals surface area contributed by atoms with Gasteiger partial charge in [0.25, 0.3) is 0 Å². The maximum Gasteiger partial charge on any atom is 0.220 e. The summed E-state index contributed by atoms with van der Waals surface area (Å²) in [7, 11) is 0.